The van der Waals surface area contributed by atoms with Crippen molar-refractivity contribution in [3.63, 3.8) is 0 Å². The molecule has 0 atom stereocenters. The van der Waals surface area contributed by atoms with E-state index in [0.717, 1.165) is 54.9 Å². The normalized spacial score (nSPS) is 13.3. The quantitative estimate of drug-likeness (QED) is 0.925. The highest BCUT2D eigenvalue weighted by Crippen LogP contribution is 2.29. The maximum Gasteiger partial charge on any atom is 0.161 e. The van der Waals surface area contributed by atoms with Gasteiger partial charge < -0.3 is 5.32 Å². The molecule has 0 saturated heterocycles. The van der Waals surface area contributed by atoms with E-state index in [-0.39, 0.29) is 5.82 Å². The Labute approximate surface area is 124 Å². The lowest BCUT2D eigenvalue weighted by Gasteiger charge is -2.12. The van der Waals surface area contributed by atoms with Crippen molar-refractivity contribution >= 4 is 5.82 Å². The summed E-state index contributed by atoms with van der Waals surface area (Å²) < 4.78 is 13.6. The van der Waals surface area contributed by atoms with E-state index in [0.29, 0.717) is 5.82 Å². The van der Waals surface area contributed by atoms with Crippen LogP contribution in [0.2, 0.25) is 0 Å². The SMILES string of the molecule is CCCNc1nc(-c2cc(C)cc(F)c2)nc2c1CCC2. The molecule has 0 amide bonds. The first kappa shape index (κ1) is 14.0. The predicted molar refractivity (Wildman–Crippen MR) is 83.0 cm³/mol. The van der Waals surface area contributed by atoms with E-state index in [1.165, 1.54) is 17.7 Å². The molecule has 0 radical (unpaired) electrons. The number of hydrogen-bond donors (Lipinski definition) is 1. The molecule has 0 bridgehead atoms. The van der Waals surface area contributed by atoms with Gasteiger partial charge in [0.2, 0.25) is 0 Å². The molecule has 21 heavy (non-hydrogen) atoms. The molecule has 1 heterocycles. The van der Waals surface area contributed by atoms with Crippen LogP contribution in [0.3, 0.4) is 0 Å². The van der Waals surface area contributed by atoms with E-state index in [4.69, 9.17) is 0 Å². The number of nitrogens with zero attached hydrogens (tertiary/aromatic N) is 2. The lowest BCUT2D eigenvalue weighted by molar-refractivity contribution is 0.627. The molecule has 4 heteroatoms. The van der Waals surface area contributed by atoms with Gasteiger partial charge in [-0.1, -0.05) is 6.92 Å². The van der Waals surface area contributed by atoms with Crippen LogP contribution in [0.4, 0.5) is 10.2 Å². The van der Waals surface area contributed by atoms with Gasteiger partial charge in [-0.15, -0.1) is 0 Å². The maximum atomic E-state index is 13.6. The molecule has 0 unspecified atom stereocenters. The third-order valence-corrected chi connectivity index (χ3v) is 3.78. The first-order valence-corrected chi connectivity index (χ1v) is 7.58. The summed E-state index contributed by atoms with van der Waals surface area (Å²) in [4.78, 5) is 9.30. The lowest BCUT2D eigenvalue weighted by atomic mass is 10.1. The van der Waals surface area contributed by atoms with Crippen molar-refractivity contribution in [2.45, 2.75) is 39.5 Å². The number of hydrogen-bond acceptors (Lipinski definition) is 3. The molecule has 3 rings (SSSR count). The third kappa shape index (κ3) is 2.89. The first-order chi connectivity index (χ1) is 10.2. The zero-order valence-electron chi connectivity index (χ0n) is 12.5. The van der Waals surface area contributed by atoms with E-state index < -0.39 is 0 Å². The van der Waals surface area contributed by atoms with Crippen molar-refractivity contribution in [2.75, 3.05) is 11.9 Å². The van der Waals surface area contributed by atoms with Crippen LogP contribution in [0.1, 0.15) is 36.6 Å². The van der Waals surface area contributed by atoms with Crippen LogP contribution in [0.25, 0.3) is 11.4 Å². The van der Waals surface area contributed by atoms with Gasteiger partial charge in [0.15, 0.2) is 5.82 Å². The molecular formula is C17H20FN3. The van der Waals surface area contributed by atoms with Crippen LogP contribution in [0, 0.1) is 12.7 Å². The zero-order valence-corrected chi connectivity index (χ0v) is 12.5. The smallest absolute Gasteiger partial charge is 0.161 e. The minimum Gasteiger partial charge on any atom is -0.370 e. The van der Waals surface area contributed by atoms with Gasteiger partial charge in [-0.2, -0.15) is 0 Å². The lowest BCUT2D eigenvalue weighted by Crippen LogP contribution is -2.08. The predicted octanol–water partition coefficient (Wildman–Crippen LogP) is 3.90. The Morgan fingerprint density at radius 3 is 2.81 bits per heavy atom. The Balaban J connectivity index is 2.06. The number of benzene rings is 1. The second-order valence-electron chi connectivity index (χ2n) is 5.62. The fourth-order valence-electron chi connectivity index (χ4n) is 2.82. The average Bonchev–Trinajstić information content (AvgIpc) is 2.92. The fraction of sp³-hybridized carbons (Fsp3) is 0.412. The Kier molecular flexibility index (Phi) is 3.86. The molecule has 0 aliphatic heterocycles. The summed E-state index contributed by atoms with van der Waals surface area (Å²) in [7, 11) is 0. The molecule has 0 spiro atoms. The largest absolute Gasteiger partial charge is 0.370 e. The van der Waals surface area contributed by atoms with Gasteiger partial charge in [0.1, 0.15) is 11.6 Å². The molecule has 1 aliphatic carbocycles. The maximum absolute atomic E-state index is 13.6. The minimum atomic E-state index is -0.239. The number of halogens is 1. The summed E-state index contributed by atoms with van der Waals surface area (Å²) in [5.74, 6) is 1.31. The van der Waals surface area contributed by atoms with Gasteiger partial charge in [-0.05, 0) is 56.4 Å². The number of aryl methyl sites for hydroxylation is 2. The van der Waals surface area contributed by atoms with Gasteiger partial charge >= 0.3 is 0 Å². The van der Waals surface area contributed by atoms with E-state index in [9.17, 15) is 4.39 Å². The van der Waals surface area contributed by atoms with Gasteiger partial charge in [-0.3, -0.25) is 0 Å². The van der Waals surface area contributed by atoms with Gasteiger partial charge in [0.05, 0.1) is 0 Å². The topological polar surface area (TPSA) is 37.8 Å². The third-order valence-electron chi connectivity index (χ3n) is 3.78. The Morgan fingerprint density at radius 1 is 1.19 bits per heavy atom. The molecule has 1 N–H and O–H groups in total. The van der Waals surface area contributed by atoms with Crippen molar-refractivity contribution in [1.82, 2.24) is 9.97 Å². The minimum absolute atomic E-state index is 0.239. The van der Waals surface area contributed by atoms with E-state index >= 15 is 0 Å². The highest BCUT2D eigenvalue weighted by atomic mass is 19.1. The highest BCUT2D eigenvalue weighted by molar-refractivity contribution is 5.61. The van der Waals surface area contributed by atoms with Crippen LogP contribution < -0.4 is 5.32 Å². The molecule has 0 saturated carbocycles. The molecule has 1 aliphatic rings. The van der Waals surface area contributed by atoms with Crippen molar-refractivity contribution in [3.05, 3.63) is 40.8 Å². The fourth-order valence-corrected chi connectivity index (χ4v) is 2.82. The van der Waals surface area contributed by atoms with E-state index in [2.05, 4.69) is 22.2 Å². The zero-order chi connectivity index (χ0) is 14.8. The molecular weight excluding hydrogens is 265 g/mol. The summed E-state index contributed by atoms with van der Waals surface area (Å²) in [5, 5.41) is 3.39. The molecule has 110 valence electrons. The summed E-state index contributed by atoms with van der Waals surface area (Å²) in [6.45, 7) is 4.91. The Bertz CT molecular complexity index is 647. The molecule has 0 fully saturated rings. The van der Waals surface area contributed by atoms with Crippen molar-refractivity contribution in [1.29, 1.82) is 0 Å². The van der Waals surface area contributed by atoms with E-state index in [1.54, 1.807) is 0 Å². The number of rotatable bonds is 4. The van der Waals surface area contributed by atoms with Crippen LogP contribution >= 0.6 is 0 Å². The second-order valence-corrected chi connectivity index (χ2v) is 5.62. The van der Waals surface area contributed by atoms with Gasteiger partial charge in [0.25, 0.3) is 0 Å². The number of aromatic nitrogens is 2. The summed E-state index contributed by atoms with van der Waals surface area (Å²) in [6, 6.07) is 4.96. The van der Waals surface area contributed by atoms with E-state index in [1.807, 2.05) is 13.0 Å². The average molecular weight is 285 g/mol. The number of anilines is 1. The summed E-state index contributed by atoms with van der Waals surface area (Å²) in [5.41, 5.74) is 3.99. The summed E-state index contributed by atoms with van der Waals surface area (Å²) >= 11 is 0. The highest BCUT2D eigenvalue weighted by Gasteiger charge is 2.19. The van der Waals surface area contributed by atoms with Gasteiger partial charge in [0, 0.05) is 23.4 Å². The monoisotopic (exact) mass is 285 g/mol. The molecule has 1 aromatic heterocycles. The van der Waals surface area contributed by atoms with Crippen LogP contribution in [0.15, 0.2) is 18.2 Å². The van der Waals surface area contributed by atoms with Crippen molar-refractivity contribution in [3.8, 4) is 11.4 Å². The Hall–Kier alpha value is -1.97. The van der Waals surface area contributed by atoms with Crippen molar-refractivity contribution < 1.29 is 4.39 Å². The van der Waals surface area contributed by atoms with Crippen LogP contribution in [-0.4, -0.2) is 16.5 Å². The number of fused-ring (bicyclic) bond motifs is 1. The first-order valence-electron chi connectivity index (χ1n) is 7.58. The molecule has 3 nitrogen and oxygen atoms in total. The van der Waals surface area contributed by atoms with Gasteiger partial charge in [-0.25, -0.2) is 14.4 Å². The number of nitrogens with one attached hydrogen (secondary N) is 1. The molecule has 1 aromatic carbocycles. The summed E-state index contributed by atoms with van der Waals surface area (Å²) in [6.07, 6.45) is 4.19. The molecule has 2 aromatic rings. The van der Waals surface area contributed by atoms with Crippen LogP contribution in [0.5, 0.6) is 0 Å². The second kappa shape index (κ2) is 5.80. The Morgan fingerprint density at radius 2 is 2.05 bits per heavy atom. The standard InChI is InChI=1S/C17H20FN3/c1-3-7-19-17-14-5-4-6-15(14)20-16(21-17)12-8-11(2)9-13(18)10-12/h8-10H,3-7H2,1-2H3,(H,19,20,21). The van der Waals surface area contributed by atoms with Crippen LogP contribution in [-0.2, 0) is 12.8 Å². The van der Waals surface area contributed by atoms with Crippen molar-refractivity contribution in [2.24, 2.45) is 0 Å².